The van der Waals surface area contributed by atoms with Crippen LogP contribution in [0.25, 0.3) is 0 Å². The number of ether oxygens (including phenoxy) is 1. The van der Waals surface area contributed by atoms with Crippen LogP contribution in [0, 0.1) is 5.92 Å². The fourth-order valence-electron chi connectivity index (χ4n) is 0.783. The molecule has 0 aliphatic carbocycles. The van der Waals surface area contributed by atoms with Gasteiger partial charge in [0.25, 0.3) is 0 Å². The lowest BCUT2D eigenvalue weighted by molar-refractivity contribution is -0.144. The van der Waals surface area contributed by atoms with E-state index in [1.807, 2.05) is 13.8 Å². The predicted molar refractivity (Wildman–Crippen MR) is 49.1 cm³/mol. The van der Waals surface area contributed by atoms with E-state index in [1.165, 1.54) is 0 Å². The molecule has 0 rings (SSSR count). The zero-order valence-electron chi connectivity index (χ0n) is 7.71. The molecule has 0 saturated heterocycles. The molecule has 3 nitrogen and oxygen atoms in total. The van der Waals surface area contributed by atoms with Crippen LogP contribution < -0.4 is 5.73 Å². The fraction of sp³-hybridized carbons (Fsp3) is 0.875. The Bertz CT molecular complexity index is 150. The minimum absolute atomic E-state index is 0.172. The number of esters is 1. The van der Waals surface area contributed by atoms with Crippen LogP contribution in [-0.4, -0.2) is 24.0 Å². The number of hydrogen-bond donors (Lipinski definition) is 1. The van der Waals surface area contributed by atoms with E-state index in [-0.39, 0.29) is 11.3 Å². The molecule has 4 heteroatoms. The third-order valence-corrected chi connectivity index (χ3v) is 2.31. The van der Waals surface area contributed by atoms with Gasteiger partial charge in [-0.05, 0) is 12.8 Å². The van der Waals surface area contributed by atoms with Gasteiger partial charge >= 0.3 is 5.97 Å². The summed E-state index contributed by atoms with van der Waals surface area (Å²) in [5, 5.41) is -0.357. The smallest absolute Gasteiger partial charge is 0.324 e. The molecule has 0 heterocycles. The number of carbonyl (C=O) groups excluding carboxylic acids is 1. The average molecular weight is 194 g/mol. The molecule has 0 aromatic carbocycles. The highest BCUT2D eigenvalue weighted by molar-refractivity contribution is 6.22. The number of halogens is 1. The maximum Gasteiger partial charge on any atom is 0.324 e. The lowest BCUT2D eigenvalue weighted by atomic mass is 10.0. The molecule has 0 amide bonds. The van der Waals surface area contributed by atoms with Crippen LogP contribution in [0.3, 0.4) is 0 Å². The van der Waals surface area contributed by atoms with Crippen molar-refractivity contribution in [2.75, 3.05) is 6.61 Å². The van der Waals surface area contributed by atoms with Gasteiger partial charge in [0.2, 0.25) is 0 Å². The Morgan fingerprint density at radius 3 is 2.42 bits per heavy atom. The van der Waals surface area contributed by atoms with E-state index in [4.69, 9.17) is 22.1 Å². The zero-order valence-corrected chi connectivity index (χ0v) is 8.47. The quantitative estimate of drug-likeness (QED) is 0.538. The summed E-state index contributed by atoms with van der Waals surface area (Å²) >= 11 is 5.87. The van der Waals surface area contributed by atoms with E-state index in [0.717, 1.165) is 0 Å². The second-order valence-electron chi connectivity index (χ2n) is 2.97. The van der Waals surface area contributed by atoms with Gasteiger partial charge < -0.3 is 10.5 Å². The summed E-state index contributed by atoms with van der Waals surface area (Å²) in [6.07, 6.45) is 0. The normalized spacial score (nSPS) is 15.8. The Labute approximate surface area is 78.2 Å². The largest absolute Gasteiger partial charge is 0.465 e. The summed E-state index contributed by atoms with van der Waals surface area (Å²) in [5.41, 5.74) is 5.54. The Hall–Kier alpha value is -0.280. The third-order valence-electron chi connectivity index (χ3n) is 1.54. The van der Waals surface area contributed by atoms with Crippen LogP contribution in [0.1, 0.15) is 20.8 Å². The summed E-state index contributed by atoms with van der Waals surface area (Å²) in [6, 6.07) is -0.716. The molecule has 0 fully saturated rings. The van der Waals surface area contributed by atoms with Crippen LogP contribution in [-0.2, 0) is 9.53 Å². The molecule has 0 saturated carbocycles. The lowest BCUT2D eigenvalue weighted by Gasteiger charge is -2.19. The highest BCUT2D eigenvalue weighted by atomic mass is 35.5. The fourth-order valence-corrected chi connectivity index (χ4v) is 0.886. The number of rotatable bonds is 4. The van der Waals surface area contributed by atoms with Gasteiger partial charge in [-0.2, -0.15) is 0 Å². The van der Waals surface area contributed by atoms with Crippen molar-refractivity contribution in [3.8, 4) is 0 Å². The molecular formula is C8H16ClNO2. The van der Waals surface area contributed by atoms with Crippen LogP contribution in [0.15, 0.2) is 0 Å². The molecule has 2 atom stereocenters. The summed E-state index contributed by atoms with van der Waals surface area (Å²) in [6.45, 7) is 5.91. The van der Waals surface area contributed by atoms with Gasteiger partial charge in [-0.1, -0.05) is 13.8 Å². The number of nitrogens with two attached hydrogens (primary N) is 1. The Morgan fingerprint density at radius 2 is 2.08 bits per heavy atom. The molecule has 0 aliphatic rings. The summed E-state index contributed by atoms with van der Waals surface area (Å²) in [7, 11) is 0. The van der Waals surface area contributed by atoms with E-state index in [9.17, 15) is 4.79 Å². The van der Waals surface area contributed by atoms with Crippen molar-refractivity contribution in [3.05, 3.63) is 0 Å². The summed E-state index contributed by atoms with van der Waals surface area (Å²) in [5.74, 6) is -0.253. The molecule has 2 unspecified atom stereocenters. The summed E-state index contributed by atoms with van der Waals surface area (Å²) < 4.78 is 4.73. The molecular weight excluding hydrogens is 178 g/mol. The number of hydrogen-bond acceptors (Lipinski definition) is 3. The van der Waals surface area contributed by atoms with E-state index < -0.39 is 12.0 Å². The van der Waals surface area contributed by atoms with Crippen LogP contribution in [0.5, 0.6) is 0 Å². The maximum atomic E-state index is 11.1. The topological polar surface area (TPSA) is 52.3 Å². The SMILES string of the molecule is CCOC(=O)C(N)C(Cl)C(C)C. The van der Waals surface area contributed by atoms with Crippen molar-refractivity contribution in [2.24, 2.45) is 11.7 Å². The Kier molecular flexibility index (Phi) is 5.25. The molecule has 0 aliphatic heterocycles. The minimum Gasteiger partial charge on any atom is -0.465 e. The first-order chi connectivity index (χ1) is 5.50. The average Bonchev–Trinajstić information content (AvgIpc) is 2.02. The first-order valence-electron chi connectivity index (χ1n) is 4.07. The second kappa shape index (κ2) is 5.38. The number of carbonyl (C=O) groups is 1. The first kappa shape index (κ1) is 11.7. The van der Waals surface area contributed by atoms with Gasteiger partial charge in [-0.25, -0.2) is 0 Å². The van der Waals surface area contributed by atoms with Gasteiger partial charge in [0.1, 0.15) is 6.04 Å². The van der Waals surface area contributed by atoms with Gasteiger partial charge in [0.15, 0.2) is 0 Å². The lowest BCUT2D eigenvalue weighted by Crippen LogP contribution is -2.42. The van der Waals surface area contributed by atoms with Crippen molar-refractivity contribution >= 4 is 17.6 Å². The molecule has 72 valence electrons. The van der Waals surface area contributed by atoms with Crippen molar-refractivity contribution < 1.29 is 9.53 Å². The third kappa shape index (κ3) is 3.41. The van der Waals surface area contributed by atoms with Crippen LogP contribution >= 0.6 is 11.6 Å². The minimum atomic E-state index is -0.716. The van der Waals surface area contributed by atoms with Crippen LogP contribution in [0.2, 0.25) is 0 Å². The highest BCUT2D eigenvalue weighted by Crippen LogP contribution is 2.13. The maximum absolute atomic E-state index is 11.1. The van der Waals surface area contributed by atoms with E-state index in [1.54, 1.807) is 6.92 Å². The molecule has 0 bridgehead atoms. The van der Waals surface area contributed by atoms with E-state index >= 15 is 0 Å². The van der Waals surface area contributed by atoms with Gasteiger partial charge in [-0.15, -0.1) is 11.6 Å². The highest BCUT2D eigenvalue weighted by Gasteiger charge is 2.26. The van der Waals surface area contributed by atoms with Crippen LogP contribution in [0.4, 0.5) is 0 Å². The van der Waals surface area contributed by atoms with Crippen molar-refractivity contribution in [3.63, 3.8) is 0 Å². The molecule has 0 aromatic rings. The number of alkyl halides is 1. The molecule has 0 spiro atoms. The molecule has 12 heavy (non-hydrogen) atoms. The van der Waals surface area contributed by atoms with E-state index in [0.29, 0.717) is 6.61 Å². The Morgan fingerprint density at radius 1 is 1.58 bits per heavy atom. The van der Waals surface area contributed by atoms with Gasteiger partial charge in [-0.3, -0.25) is 4.79 Å². The monoisotopic (exact) mass is 193 g/mol. The van der Waals surface area contributed by atoms with Crippen molar-refractivity contribution in [1.82, 2.24) is 0 Å². The summed E-state index contributed by atoms with van der Waals surface area (Å²) in [4.78, 5) is 11.1. The van der Waals surface area contributed by atoms with E-state index in [2.05, 4.69) is 0 Å². The van der Waals surface area contributed by atoms with Crippen molar-refractivity contribution in [1.29, 1.82) is 0 Å². The second-order valence-corrected chi connectivity index (χ2v) is 3.47. The van der Waals surface area contributed by atoms with Gasteiger partial charge in [0.05, 0.1) is 12.0 Å². The first-order valence-corrected chi connectivity index (χ1v) is 4.50. The van der Waals surface area contributed by atoms with Gasteiger partial charge in [0, 0.05) is 0 Å². The molecule has 0 radical (unpaired) electrons. The predicted octanol–water partition coefficient (Wildman–Crippen LogP) is 1.14. The molecule has 0 aromatic heterocycles. The zero-order chi connectivity index (χ0) is 9.72. The Balaban J connectivity index is 4.00. The molecule has 2 N–H and O–H groups in total. The van der Waals surface area contributed by atoms with Crippen molar-refractivity contribution in [2.45, 2.75) is 32.2 Å². The standard InChI is InChI=1S/C8H16ClNO2/c1-4-12-8(11)7(10)6(9)5(2)3/h5-7H,4,10H2,1-3H3.